The number of aromatic nitrogens is 1. The lowest BCUT2D eigenvalue weighted by atomic mass is 10.1. The topological polar surface area (TPSA) is 92.1 Å². The number of carbonyl (C=O) groups is 2. The smallest absolute Gasteiger partial charge is 0.490 e. The summed E-state index contributed by atoms with van der Waals surface area (Å²) in [6, 6.07) is 7.78. The molecule has 1 amide bonds. The van der Waals surface area contributed by atoms with Gasteiger partial charge in [-0.3, -0.25) is 9.59 Å². The van der Waals surface area contributed by atoms with E-state index in [4.69, 9.17) is 14.6 Å². The van der Waals surface area contributed by atoms with Crippen molar-refractivity contribution in [1.29, 1.82) is 0 Å². The number of carboxylic acid groups (broad SMARTS) is 1. The highest BCUT2D eigenvalue weighted by molar-refractivity contribution is 7.22. The number of para-hydroxylation sites is 1. The number of carboxylic acids is 1. The highest BCUT2D eigenvalue weighted by atomic mass is 32.1. The van der Waals surface area contributed by atoms with Gasteiger partial charge in [0.05, 0.1) is 17.3 Å². The van der Waals surface area contributed by atoms with Gasteiger partial charge in [-0.25, -0.2) is 4.79 Å². The lowest BCUT2D eigenvalue weighted by Gasteiger charge is -2.20. The number of amides is 1. The fourth-order valence-electron chi connectivity index (χ4n) is 3.76. The van der Waals surface area contributed by atoms with Crippen LogP contribution in [0.25, 0.3) is 21.0 Å². The van der Waals surface area contributed by atoms with Crippen LogP contribution in [0.2, 0.25) is 0 Å². The van der Waals surface area contributed by atoms with Crippen LogP contribution in [-0.2, 0) is 11.8 Å². The van der Waals surface area contributed by atoms with E-state index < -0.39 is 12.1 Å². The molecule has 1 aromatic carbocycles. The van der Waals surface area contributed by atoms with Gasteiger partial charge in [0.15, 0.2) is 5.75 Å². The molecule has 184 valence electrons. The zero-order valence-corrected chi connectivity index (χ0v) is 19.6. The number of benzene rings is 1. The van der Waals surface area contributed by atoms with Crippen LogP contribution in [0.3, 0.4) is 0 Å². The first kappa shape index (κ1) is 25.5. The molecule has 12 heteroatoms. The fourth-order valence-corrected chi connectivity index (χ4v) is 5.03. The van der Waals surface area contributed by atoms with Crippen LogP contribution >= 0.6 is 11.3 Å². The molecular weight excluding hydrogens is 475 g/mol. The zero-order chi connectivity index (χ0) is 25.2. The van der Waals surface area contributed by atoms with Crippen molar-refractivity contribution in [2.24, 2.45) is 7.05 Å². The van der Waals surface area contributed by atoms with E-state index in [-0.39, 0.29) is 11.5 Å². The monoisotopic (exact) mass is 499 g/mol. The van der Waals surface area contributed by atoms with Crippen LogP contribution in [0.4, 0.5) is 13.2 Å². The molecule has 0 radical (unpaired) electrons. The number of fused-ring (bicyclic) bond motifs is 3. The Morgan fingerprint density at radius 2 is 1.74 bits per heavy atom. The number of hydrogen-bond acceptors (Lipinski definition) is 6. The van der Waals surface area contributed by atoms with E-state index in [9.17, 15) is 22.8 Å². The summed E-state index contributed by atoms with van der Waals surface area (Å²) in [7, 11) is 5.36. The molecule has 1 fully saturated rings. The standard InChI is InChI=1S/C20H23N3O3S.C2HF3O2/c1-21-9-6-10-23(12-11-21)20(25)18-16(26-3)15-17(27-18)13-7-4-5-8-14(13)22(2)19(15)24;3-2(4,5)1(6)7/h4-5,7-8H,6,9-12H2,1-3H3;(H,6,7). The van der Waals surface area contributed by atoms with Crippen LogP contribution in [0.15, 0.2) is 29.1 Å². The molecule has 3 aromatic rings. The average Bonchev–Trinajstić information content (AvgIpc) is 3.05. The van der Waals surface area contributed by atoms with Gasteiger partial charge in [0.1, 0.15) is 10.3 Å². The second-order valence-electron chi connectivity index (χ2n) is 7.80. The Bertz CT molecular complexity index is 1280. The number of halogens is 3. The molecule has 3 heterocycles. The quantitative estimate of drug-likeness (QED) is 0.583. The number of ether oxygens (including phenoxy) is 1. The van der Waals surface area contributed by atoms with Gasteiger partial charge in [0.25, 0.3) is 11.5 Å². The summed E-state index contributed by atoms with van der Waals surface area (Å²) in [6.07, 6.45) is -4.14. The zero-order valence-electron chi connectivity index (χ0n) is 18.8. The first-order valence-electron chi connectivity index (χ1n) is 10.3. The number of methoxy groups -OCH3 is 1. The third kappa shape index (κ3) is 5.02. The van der Waals surface area contributed by atoms with Gasteiger partial charge < -0.3 is 24.2 Å². The highest BCUT2D eigenvalue weighted by Gasteiger charge is 2.38. The fraction of sp³-hybridized carbons (Fsp3) is 0.409. The Morgan fingerprint density at radius 3 is 2.35 bits per heavy atom. The maximum absolute atomic E-state index is 13.3. The Morgan fingerprint density at radius 1 is 1.09 bits per heavy atom. The Hall–Kier alpha value is -3.12. The molecule has 0 saturated carbocycles. The molecule has 0 unspecified atom stereocenters. The number of nitrogens with zero attached hydrogens (tertiary/aromatic N) is 3. The predicted octanol–water partition coefficient (Wildman–Crippen LogP) is 3.17. The van der Waals surface area contributed by atoms with Gasteiger partial charge in [-0.05, 0) is 26.1 Å². The van der Waals surface area contributed by atoms with E-state index in [1.54, 1.807) is 11.6 Å². The molecule has 1 saturated heterocycles. The van der Waals surface area contributed by atoms with Gasteiger partial charge in [0.2, 0.25) is 0 Å². The third-order valence-electron chi connectivity index (χ3n) is 5.54. The molecule has 1 N–H and O–H groups in total. The van der Waals surface area contributed by atoms with Crippen LogP contribution in [-0.4, -0.2) is 77.9 Å². The van der Waals surface area contributed by atoms with Gasteiger partial charge in [0, 0.05) is 32.1 Å². The summed E-state index contributed by atoms with van der Waals surface area (Å²) >= 11 is 1.37. The first-order valence-corrected chi connectivity index (χ1v) is 11.1. The van der Waals surface area contributed by atoms with Crippen molar-refractivity contribution in [2.75, 3.05) is 40.3 Å². The molecule has 8 nitrogen and oxygen atoms in total. The molecule has 1 aliphatic heterocycles. The van der Waals surface area contributed by atoms with E-state index in [1.165, 1.54) is 18.4 Å². The number of carbonyl (C=O) groups excluding carboxylic acids is 1. The lowest BCUT2D eigenvalue weighted by molar-refractivity contribution is -0.192. The van der Waals surface area contributed by atoms with Gasteiger partial charge in [-0.2, -0.15) is 13.2 Å². The van der Waals surface area contributed by atoms with Crippen LogP contribution in [0, 0.1) is 0 Å². The first-order chi connectivity index (χ1) is 16.0. The predicted molar refractivity (Wildman–Crippen MR) is 123 cm³/mol. The number of hydrogen-bond donors (Lipinski definition) is 1. The Balaban J connectivity index is 0.000000406. The number of aliphatic carboxylic acids is 1. The third-order valence-corrected chi connectivity index (χ3v) is 6.73. The summed E-state index contributed by atoms with van der Waals surface area (Å²) in [5, 5.41) is 8.59. The molecular formula is C22H24F3N3O5S. The van der Waals surface area contributed by atoms with E-state index in [0.717, 1.165) is 41.7 Å². The summed E-state index contributed by atoms with van der Waals surface area (Å²) in [5.41, 5.74) is 0.723. The summed E-state index contributed by atoms with van der Waals surface area (Å²) < 4.78 is 39.8. The largest absolute Gasteiger partial charge is 0.494 e. The minimum atomic E-state index is -5.08. The number of aryl methyl sites for hydroxylation is 1. The van der Waals surface area contributed by atoms with E-state index in [1.807, 2.05) is 29.2 Å². The number of pyridine rings is 1. The number of thiophene rings is 1. The second kappa shape index (κ2) is 10.0. The summed E-state index contributed by atoms with van der Waals surface area (Å²) in [6.45, 7) is 3.24. The highest BCUT2D eigenvalue weighted by Crippen LogP contribution is 2.40. The van der Waals surface area contributed by atoms with Crippen LogP contribution in [0.5, 0.6) is 5.75 Å². The van der Waals surface area contributed by atoms with Crippen molar-refractivity contribution in [3.63, 3.8) is 0 Å². The molecule has 1 aliphatic rings. The Kier molecular flexibility index (Phi) is 7.51. The lowest BCUT2D eigenvalue weighted by Crippen LogP contribution is -2.34. The molecule has 0 aliphatic carbocycles. The molecule has 0 spiro atoms. The minimum absolute atomic E-state index is 0.0468. The molecule has 0 bridgehead atoms. The van der Waals surface area contributed by atoms with E-state index in [0.29, 0.717) is 22.6 Å². The van der Waals surface area contributed by atoms with Crippen molar-refractivity contribution in [3.8, 4) is 5.75 Å². The number of rotatable bonds is 2. The number of alkyl halides is 3. The second-order valence-corrected chi connectivity index (χ2v) is 8.82. The van der Waals surface area contributed by atoms with Crippen molar-refractivity contribution in [1.82, 2.24) is 14.4 Å². The molecule has 34 heavy (non-hydrogen) atoms. The van der Waals surface area contributed by atoms with Gasteiger partial charge >= 0.3 is 12.1 Å². The number of likely N-dealkylation sites (N-methyl/N-ethyl adjacent to an activating group) is 1. The van der Waals surface area contributed by atoms with Crippen molar-refractivity contribution < 1.29 is 32.6 Å². The van der Waals surface area contributed by atoms with Crippen LogP contribution < -0.4 is 10.3 Å². The minimum Gasteiger partial charge on any atom is -0.494 e. The van der Waals surface area contributed by atoms with Gasteiger partial charge in [-0.15, -0.1) is 11.3 Å². The van der Waals surface area contributed by atoms with E-state index in [2.05, 4.69) is 11.9 Å². The molecule has 4 rings (SSSR count). The maximum atomic E-state index is 13.3. The van der Waals surface area contributed by atoms with Crippen LogP contribution in [0.1, 0.15) is 16.1 Å². The molecule has 2 aromatic heterocycles. The summed E-state index contributed by atoms with van der Waals surface area (Å²) in [5.74, 6) is -2.40. The Labute approximate surface area is 196 Å². The van der Waals surface area contributed by atoms with E-state index >= 15 is 0 Å². The normalized spacial score (nSPS) is 15.1. The van der Waals surface area contributed by atoms with Crippen molar-refractivity contribution in [2.45, 2.75) is 12.6 Å². The maximum Gasteiger partial charge on any atom is 0.490 e. The van der Waals surface area contributed by atoms with Gasteiger partial charge in [-0.1, -0.05) is 18.2 Å². The SMILES string of the molecule is COc1c(C(=O)N2CCCN(C)CC2)sc2c1c(=O)n(C)c1ccccc21.O=C(O)C(F)(F)F. The molecule has 0 atom stereocenters. The summed E-state index contributed by atoms with van der Waals surface area (Å²) in [4.78, 5) is 39.8. The van der Waals surface area contributed by atoms with Crippen molar-refractivity contribution in [3.05, 3.63) is 39.5 Å². The average molecular weight is 500 g/mol. The van der Waals surface area contributed by atoms with Crippen molar-refractivity contribution >= 4 is 44.2 Å².